The largest absolute Gasteiger partial charge is 0.365 e. The van der Waals surface area contributed by atoms with E-state index in [4.69, 9.17) is 4.74 Å². The number of ether oxygens (including phenoxy) is 1. The number of amides is 2. The SMILES string of the molecule is CC[C@H](OC1CCCC1)C(=O)N1CCNC(=O)[C@H]1c1cccs1. The number of rotatable bonds is 5. The van der Waals surface area contributed by atoms with Crippen molar-refractivity contribution in [2.75, 3.05) is 13.1 Å². The zero-order chi connectivity index (χ0) is 16.2. The molecule has 1 aromatic heterocycles. The number of piperazine rings is 1. The van der Waals surface area contributed by atoms with Crippen LogP contribution < -0.4 is 5.32 Å². The molecule has 1 saturated heterocycles. The van der Waals surface area contributed by atoms with Gasteiger partial charge in [-0.15, -0.1) is 11.3 Å². The van der Waals surface area contributed by atoms with Gasteiger partial charge in [-0.25, -0.2) is 0 Å². The van der Waals surface area contributed by atoms with Crippen LogP contribution in [-0.2, 0) is 14.3 Å². The Bertz CT molecular complexity index is 540. The fourth-order valence-corrected chi connectivity index (χ4v) is 4.24. The third-order valence-corrected chi connectivity index (χ3v) is 5.54. The molecule has 0 radical (unpaired) electrons. The first-order valence-electron chi connectivity index (χ1n) is 8.47. The van der Waals surface area contributed by atoms with Crippen molar-refractivity contribution in [3.8, 4) is 0 Å². The van der Waals surface area contributed by atoms with E-state index in [9.17, 15) is 9.59 Å². The van der Waals surface area contributed by atoms with Gasteiger partial charge in [0, 0.05) is 18.0 Å². The monoisotopic (exact) mass is 336 g/mol. The second-order valence-corrected chi connectivity index (χ2v) is 7.16. The third-order valence-electron chi connectivity index (χ3n) is 4.61. The smallest absolute Gasteiger partial charge is 0.252 e. The number of hydrogen-bond donors (Lipinski definition) is 1. The van der Waals surface area contributed by atoms with Gasteiger partial charge in [0.15, 0.2) is 0 Å². The summed E-state index contributed by atoms with van der Waals surface area (Å²) in [5.41, 5.74) is 0. The first-order chi connectivity index (χ1) is 11.2. The Balaban J connectivity index is 1.75. The summed E-state index contributed by atoms with van der Waals surface area (Å²) in [6.07, 6.45) is 4.84. The van der Waals surface area contributed by atoms with Crippen molar-refractivity contribution in [2.45, 2.75) is 57.3 Å². The van der Waals surface area contributed by atoms with Crippen molar-refractivity contribution < 1.29 is 14.3 Å². The number of hydrogen-bond acceptors (Lipinski definition) is 4. The lowest BCUT2D eigenvalue weighted by molar-refractivity contribution is -0.155. The molecule has 2 fully saturated rings. The van der Waals surface area contributed by atoms with Crippen LogP contribution >= 0.6 is 11.3 Å². The van der Waals surface area contributed by atoms with Gasteiger partial charge in [0.05, 0.1) is 6.10 Å². The molecule has 1 N–H and O–H groups in total. The van der Waals surface area contributed by atoms with Crippen molar-refractivity contribution in [2.24, 2.45) is 0 Å². The number of nitrogens with one attached hydrogen (secondary N) is 1. The first-order valence-corrected chi connectivity index (χ1v) is 9.35. The molecule has 0 unspecified atom stereocenters. The fourth-order valence-electron chi connectivity index (χ4n) is 3.40. The van der Waals surface area contributed by atoms with Crippen molar-refractivity contribution in [1.29, 1.82) is 0 Å². The quantitative estimate of drug-likeness (QED) is 0.899. The summed E-state index contributed by atoms with van der Waals surface area (Å²) in [5.74, 6) is -0.143. The highest BCUT2D eigenvalue weighted by atomic mass is 32.1. The van der Waals surface area contributed by atoms with E-state index in [-0.39, 0.29) is 17.9 Å². The summed E-state index contributed by atoms with van der Waals surface area (Å²) in [6, 6.07) is 3.31. The molecule has 1 saturated carbocycles. The van der Waals surface area contributed by atoms with Crippen LogP contribution in [0.5, 0.6) is 0 Å². The fraction of sp³-hybridized carbons (Fsp3) is 0.647. The molecular formula is C17H24N2O3S. The van der Waals surface area contributed by atoms with E-state index in [1.807, 2.05) is 24.4 Å². The molecule has 1 aliphatic heterocycles. The van der Waals surface area contributed by atoms with Gasteiger partial charge in [0.1, 0.15) is 12.1 Å². The number of thiophene rings is 1. The summed E-state index contributed by atoms with van der Waals surface area (Å²) < 4.78 is 6.06. The van der Waals surface area contributed by atoms with Gasteiger partial charge in [-0.05, 0) is 30.7 Å². The van der Waals surface area contributed by atoms with Crippen molar-refractivity contribution in [3.05, 3.63) is 22.4 Å². The molecule has 1 aromatic rings. The molecule has 3 rings (SSSR count). The molecule has 2 amide bonds. The third kappa shape index (κ3) is 3.58. The maximum absolute atomic E-state index is 13.0. The highest BCUT2D eigenvalue weighted by Gasteiger charge is 2.38. The molecule has 126 valence electrons. The number of carbonyl (C=O) groups excluding carboxylic acids is 2. The van der Waals surface area contributed by atoms with E-state index >= 15 is 0 Å². The molecule has 23 heavy (non-hydrogen) atoms. The highest BCUT2D eigenvalue weighted by Crippen LogP contribution is 2.29. The summed E-state index contributed by atoms with van der Waals surface area (Å²) in [5, 5.41) is 4.81. The second-order valence-electron chi connectivity index (χ2n) is 6.18. The van der Waals surface area contributed by atoms with Gasteiger partial charge < -0.3 is 15.0 Å². The van der Waals surface area contributed by atoms with Gasteiger partial charge in [0.2, 0.25) is 5.91 Å². The van der Waals surface area contributed by atoms with Crippen LogP contribution in [0.3, 0.4) is 0 Å². The Hall–Kier alpha value is -1.40. The van der Waals surface area contributed by atoms with Gasteiger partial charge >= 0.3 is 0 Å². The van der Waals surface area contributed by atoms with E-state index in [1.165, 1.54) is 24.2 Å². The van der Waals surface area contributed by atoms with Crippen molar-refractivity contribution in [1.82, 2.24) is 10.2 Å². The molecule has 1 aliphatic carbocycles. The van der Waals surface area contributed by atoms with Crippen LogP contribution in [-0.4, -0.2) is 42.0 Å². The van der Waals surface area contributed by atoms with E-state index in [2.05, 4.69) is 5.32 Å². The topological polar surface area (TPSA) is 58.6 Å². The Kier molecular flexibility index (Phi) is 5.33. The van der Waals surface area contributed by atoms with Gasteiger partial charge in [0.25, 0.3) is 5.91 Å². The average Bonchev–Trinajstić information content (AvgIpc) is 3.25. The van der Waals surface area contributed by atoms with Crippen molar-refractivity contribution >= 4 is 23.2 Å². The molecule has 6 heteroatoms. The Morgan fingerprint density at radius 2 is 2.26 bits per heavy atom. The summed E-state index contributed by atoms with van der Waals surface area (Å²) in [7, 11) is 0. The van der Waals surface area contributed by atoms with E-state index in [1.54, 1.807) is 4.90 Å². The predicted octanol–water partition coefficient (Wildman–Crippen LogP) is 2.49. The zero-order valence-corrected chi connectivity index (χ0v) is 14.3. The first kappa shape index (κ1) is 16.5. The van der Waals surface area contributed by atoms with Crippen LogP contribution in [0.25, 0.3) is 0 Å². The van der Waals surface area contributed by atoms with Gasteiger partial charge in [-0.1, -0.05) is 25.8 Å². The van der Waals surface area contributed by atoms with Gasteiger partial charge in [-0.3, -0.25) is 9.59 Å². The van der Waals surface area contributed by atoms with E-state index < -0.39 is 12.1 Å². The average molecular weight is 336 g/mol. The predicted molar refractivity (Wildman–Crippen MR) is 89.2 cm³/mol. The highest BCUT2D eigenvalue weighted by molar-refractivity contribution is 7.10. The molecule has 2 aliphatic rings. The lowest BCUT2D eigenvalue weighted by Crippen LogP contribution is -2.54. The molecular weight excluding hydrogens is 312 g/mol. The minimum atomic E-state index is -0.516. The summed E-state index contributed by atoms with van der Waals surface area (Å²) >= 11 is 1.51. The molecule has 0 bridgehead atoms. The number of carbonyl (C=O) groups is 2. The molecule has 5 nitrogen and oxygen atoms in total. The van der Waals surface area contributed by atoms with Crippen LogP contribution in [0.2, 0.25) is 0 Å². The van der Waals surface area contributed by atoms with E-state index in [0.29, 0.717) is 19.5 Å². The Morgan fingerprint density at radius 3 is 2.91 bits per heavy atom. The summed E-state index contributed by atoms with van der Waals surface area (Å²) in [4.78, 5) is 27.9. The standard InChI is InChI=1S/C17H24N2O3S/c1-2-13(22-12-6-3-4-7-12)17(21)19-10-9-18-16(20)15(19)14-8-5-11-23-14/h5,8,11-13,15H,2-4,6-7,9-10H2,1H3,(H,18,20)/t13-,15+/m0/s1. The second kappa shape index (κ2) is 7.45. The summed E-state index contributed by atoms with van der Waals surface area (Å²) in [6.45, 7) is 3.02. The van der Waals surface area contributed by atoms with Crippen LogP contribution in [0.1, 0.15) is 49.9 Å². The Morgan fingerprint density at radius 1 is 1.48 bits per heavy atom. The maximum atomic E-state index is 13.0. The number of nitrogens with zero attached hydrogens (tertiary/aromatic N) is 1. The molecule has 2 atom stereocenters. The molecule has 2 heterocycles. The van der Waals surface area contributed by atoms with Crippen LogP contribution in [0.4, 0.5) is 0 Å². The van der Waals surface area contributed by atoms with E-state index in [0.717, 1.165) is 17.7 Å². The Labute approximate surface area is 141 Å². The van der Waals surface area contributed by atoms with Gasteiger partial charge in [-0.2, -0.15) is 0 Å². The maximum Gasteiger partial charge on any atom is 0.252 e. The van der Waals surface area contributed by atoms with Crippen LogP contribution in [0, 0.1) is 0 Å². The minimum Gasteiger partial charge on any atom is -0.365 e. The van der Waals surface area contributed by atoms with Crippen LogP contribution in [0.15, 0.2) is 17.5 Å². The normalized spacial score (nSPS) is 23.8. The minimum absolute atomic E-state index is 0.0485. The lowest BCUT2D eigenvalue weighted by atomic mass is 10.1. The van der Waals surface area contributed by atoms with Crippen molar-refractivity contribution in [3.63, 3.8) is 0 Å². The molecule has 0 spiro atoms. The zero-order valence-electron chi connectivity index (χ0n) is 13.5. The molecule has 0 aromatic carbocycles. The lowest BCUT2D eigenvalue weighted by Gasteiger charge is -2.37.